The topological polar surface area (TPSA) is 86.9 Å². The minimum atomic E-state index is -4.17. The van der Waals surface area contributed by atoms with Crippen LogP contribution < -0.4 is 4.57 Å². The third kappa shape index (κ3) is 3.55. The second-order valence-corrected chi connectivity index (χ2v) is 5.64. The summed E-state index contributed by atoms with van der Waals surface area (Å²) < 4.78 is 36.9. The van der Waals surface area contributed by atoms with Gasteiger partial charge in [0.1, 0.15) is 21.5 Å². The maximum absolute atomic E-state index is 10.5. The zero-order valence-corrected chi connectivity index (χ0v) is 10.3. The van der Waals surface area contributed by atoms with Gasteiger partial charge in [0.2, 0.25) is 0 Å². The molecule has 2 heterocycles. The highest BCUT2D eigenvalue weighted by Gasteiger charge is 2.06. The molecule has 2 aromatic rings. The molecule has 0 saturated heterocycles. The number of hydrogen-bond acceptors (Lipinski definition) is 6. The second-order valence-electron chi connectivity index (χ2n) is 3.33. The lowest BCUT2D eigenvalue weighted by Crippen LogP contribution is -2.36. The number of aromatic nitrogens is 3. The lowest BCUT2D eigenvalue weighted by atomic mass is 10.3. The maximum Gasteiger partial charge on any atom is 0.169 e. The van der Waals surface area contributed by atoms with Crippen molar-refractivity contribution in [2.45, 2.75) is 6.54 Å². The molecule has 0 aromatic carbocycles. The third-order valence-electron chi connectivity index (χ3n) is 2.10. The summed E-state index contributed by atoms with van der Waals surface area (Å²) in [7, 11) is -4.17. The summed E-state index contributed by atoms with van der Waals surface area (Å²) in [5.74, 6) is -0.407. The first-order valence-electron chi connectivity index (χ1n) is 4.74. The van der Waals surface area contributed by atoms with Gasteiger partial charge in [-0.1, -0.05) is 0 Å². The molecule has 0 unspecified atom stereocenters. The largest absolute Gasteiger partial charge is 0.748 e. The molecule has 90 valence electrons. The summed E-state index contributed by atoms with van der Waals surface area (Å²) in [4.78, 5) is 4.05. The van der Waals surface area contributed by atoms with E-state index in [-0.39, 0.29) is 6.54 Å². The van der Waals surface area contributed by atoms with Gasteiger partial charge < -0.3 is 4.55 Å². The zero-order valence-electron chi connectivity index (χ0n) is 8.68. The quantitative estimate of drug-likeness (QED) is 0.578. The first-order valence-corrected chi connectivity index (χ1v) is 7.09. The molecule has 8 heteroatoms. The van der Waals surface area contributed by atoms with Gasteiger partial charge in [0, 0.05) is 17.7 Å². The predicted octanol–water partition coefficient (Wildman–Crippen LogP) is 0.0378. The molecule has 0 aliphatic rings. The molecular formula is C9H9N3O3S2. The van der Waals surface area contributed by atoms with E-state index in [0.717, 1.165) is 10.6 Å². The van der Waals surface area contributed by atoms with Crippen molar-refractivity contribution in [2.75, 3.05) is 5.75 Å². The first kappa shape index (κ1) is 12.1. The van der Waals surface area contributed by atoms with Gasteiger partial charge in [-0.15, -0.1) is 0 Å². The molecule has 2 rings (SSSR count). The van der Waals surface area contributed by atoms with Crippen molar-refractivity contribution in [1.82, 2.24) is 9.36 Å². The van der Waals surface area contributed by atoms with Gasteiger partial charge in [-0.05, 0) is 11.5 Å². The Labute approximate surface area is 102 Å². The van der Waals surface area contributed by atoms with Crippen LogP contribution in [-0.4, -0.2) is 28.1 Å². The van der Waals surface area contributed by atoms with E-state index in [1.165, 1.54) is 17.9 Å². The molecule has 0 radical (unpaired) electrons. The summed E-state index contributed by atoms with van der Waals surface area (Å²) >= 11 is 1.28. The van der Waals surface area contributed by atoms with Gasteiger partial charge in [-0.3, -0.25) is 0 Å². The SMILES string of the molecule is O=S(=O)([O-])CC[n+]1ccc(-c2ncns2)cc1. The van der Waals surface area contributed by atoms with Crippen LogP contribution >= 0.6 is 11.5 Å². The number of pyridine rings is 1. The summed E-state index contributed by atoms with van der Waals surface area (Å²) in [5.41, 5.74) is 0.911. The van der Waals surface area contributed by atoms with Crippen LogP contribution in [0.25, 0.3) is 10.6 Å². The highest BCUT2D eigenvalue weighted by atomic mass is 32.2. The molecule has 6 nitrogen and oxygen atoms in total. The zero-order chi connectivity index (χ0) is 12.3. The van der Waals surface area contributed by atoms with Crippen LogP contribution in [0.4, 0.5) is 0 Å². The van der Waals surface area contributed by atoms with Crippen LogP contribution in [0.15, 0.2) is 30.9 Å². The Kier molecular flexibility index (Phi) is 3.46. The first-order chi connectivity index (χ1) is 8.04. The van der Waals surface area contributed by atoms with Crippen LogP contribution in [0.2, 0.25) is 0 Å². The van der Waals surface area contributed by atoms with Crippen molar-refractivity contribution in [3.8, 4) is 10.6 Å². The summed E-state index contributed by atoms with van der Waals surface area (Å²) in [6.45, 7) is 0.155. The number of hydrogen-bond donors (Lipinski definition) is 0. The molecule has 0 aliphatic heterocycles. The fraction of sp³-hybridized carbons (Fsp3) is 0.222. The summed E-state index contributed by atoms with van der Waals surface area (Å²) in [6.07, 6.45) is 4.90. The molecule has 0 spiro atoms. The minimum Gasteiger partial charge on any atom is -0.748 e. The monoisotopic (exact) mass is 271 g/mol. The van der Waals surface area contributed by atoms with Gasteiger partial charge in [-0.2, -0.15) is 4.37 Å². The van der Waals surface area contributed by atoms with Crippen LogP contribution in [-0.2, 0) is 16.7 Å². The molecule has 17 heavy (non-hydrogen) atoms. The lowest BCUT2D eigenvalue weighted by molar-refractivity contribution is -0.692. The fourth-order valence-electron chi connectivity index (χ4n) is 1.27. The average molecular weight is 271 g/mol. The van der Waals surface area contributed by atoms with Crippen molar-refractivity contribution >= 4 is 21.7 Å². The van der Waals surface area contributed by atoms with Crippen molar-refractivity contribution in [3.63, 3.8) is 0 Å². The van der Waals surface area contributed by atoms with E-state index in [1.54, 1.807) is 29.1 Å². The smallest absolute Gasteiger partial charge is 0.169 e. The highest BCUT2D eigenvalue weighted by molar-refractivity contribution is 7.85. The molecular weight excluding hydrogens is 262 g/mol. The van der Waals surface area contributed by atoms with Crippen LogP contribution in [0.3, 0.4) is 0 Å². The van der Waals surface area contributed by atoms with Crippen molar-refractivity contribution in [3.05, 3.63) is 30.9 Å². The Morgan fingerprint density at radius 2 is 2.06 bits per heavy atom. The Morgan fingerprint density at radius 1 is 1.35 bits per heavy atom. The van der Waals surface area contributed by atoms with E-state index in [0.29, 0.717) is 0 Å². The minimum absolute atomic E-state index is 0.155. The average Bonchev–Trinajstić information content (AvgIpc) is 2.79. The summed E-state index contributed by atoms with van der Waals surface area (Å²) in [5, 5.41) is 0.800. The molecule has 0 bridgehead atoms. The van der Waals surface area contributed by atoms with E-state index in [2.05, 4.69) is 9.36 Å². The van der Waals surface area contributed by atoms with Crippen molar-refractivity contribution in [1.29, 1.82) is 0 Å². The number of nitrogens with zero attached hydrogens (tertiary/aromatic N) is 3. The Balaban J connectivity index is 2.09. The van der Waals surface area contributed by atoms with Gasteiger partial charge >= 0.3 is 0 Å². The van der Waals surface area contributed by atoms with Crippen molar-refractivity contribution < 1.29 is 17.5 Å². The van der Waals surface area contributed by atoms with E-state index >= 15 is 0 Å². The Morgan fingerprint density at radius 3 is 2.59 bits per heavy atom. The van der Waals surface area contributed by atoms with E-state index in [9.17, 15) is 13.0 Å². The van der Waals surface area contributed by atoms with Crippen molar-refractivity contribution in [2.24, 2.45) is 0 Å². The standard InChI is InChI=1S/C9H9N3O3S2/c13-17(14,15)6-5-12-3-1-8(2-4-12)9-10-7-11-16-9/h1-4,7H,5-6H2. The van der Waals surface area contributed by atoms with Gasteiger partial charge in [-0.25, -0.2) is 18.0 Å². The molecule has 0 aliphatic carbocycles. The molecule has 2 aromatic heterocycles. The molecule has 0 fully saturated rings. The van der Waals surface area contributed by atoms with Gasteiger partial charge in [0.15, 0.2) is 18.9 Å². The molecule has 0 amide bonds. The third-order valence-corrected chi connectivity index (χ3v) is 3.50. The van der Waals surface area contributed by atoms with Gasteiger partial charge in [0.25, 0.3) is 0 Å². The maximum atomic E-state index is 10.5. The Bertz CT molecular complexity index is 578. The molecule has 0 atom stereocenters. The molecule has 0 saturated carbocycles. The lowest BCUT2D eigenvalue weighted by Gasteiger charge is -2.03. The van der Waals surface area contributed by atoms with E-state index < -0.39 is 15.9 Å². The Hall–Kier alpha value is -1.38. The second kappa shape index (κ2) is 4.86. The van der Waals surface area contributed by atoms with E-state index in [1.807, 2.05) is 0 Å². The number of aryl methyl sites for hydroxylation is 1. The molecule has 0 N–H and O–H groups in total. The predicted molar refractivity (Wildman–Crippen MR) is 60.1 cm³/mol. The van der Waals surface area contributed by atoms with Crippen LogP contribution in [0, 0.1) is 0 Å². The fourth-order valence-corrected chi connectivity index (χ4v) is 2.23. The van der Waals surface area contributed by atoms with Crippen LogP contribution in [0.1, 0.15) is 0 Å². The van der Waals surface area contributed by atoms with Gasteiger partial charge in [0.05, 0.1) is 5.75 Å². The highest BCUT2D eigenvalue weighted by Crippen LogP contribution is 2.17. The van der Waals surface area contributed by atoms with E-state index in [4.69, 9.17) is 0 Å². The van der Waals surface area contributed by atoms with Crippen LogP contribution in [0.5, 0.6) is 0 Å². The normalized spacial score (nSPS) is 11.6. The summed E-state index contributed by atoms with van der Waals surface area (Å²) in [6, 6.07) is 3.61. The number of rotatable bonds is 4.